The highest BCUT2D eigenvalue weighted by atomic mass is 32.1. The number of oxime groups is 1. The van der Waals surface area contributed by atoms with E-state index in [9.17, 15) is 27.9 Å². The molecule has 1 aromatic heterocycles. The van der Waals surface area contributed by atoms with Gasteiger partial charge in [-0.2, -0.15) is 13.2 Å². The normalized spacial score (nSPS) is 13.7. The maximum Gasteiger partial charge on any atom is 0.411 e. The van der Waals surface area contributed by atoms with Crippen LogP contribution in [-0.4, -0.2) is 47.9 Å². The average molecular weight is 575 g/mol. The number of thiazole rings is 1. The van der Waals surface area contributed by atoms with Crippen LogP contribution in [0.1, 0.15) is 23.6 Å². The molecular weight excluding hydrogens is 549 g/mol. The molecule has 4 rings (SSSR count). The fraction of sp³-hybridized carbons (Fsp3) is 0.250. The highest BCUT2D eigenvalue weighted by Crippen LogP contribution is 2.30. The van der Waals surface area contributed by atoms with E-state index < -0.39 is 24.4 Å². The molecule has 40 heavy (non-hydrogen) atoms. The number of hydrogen-bond donors (Lipinski definition) is 1. The quantitative estimate of drug-likeness (QED) is 0.190. The summed E-state index contributed by atoms with van der Waals surface area (Å²) in [5.74, 6) is -1.20. The summed E-state index contributed by atoms with van der Waals surface area (Å²) < 4.78 is 50.6. The van der Waals surface area contributed by atoms with Gasteiger partial charge < -0.3 is 19.4 Å². The first kappa shape index (κ1) is 28.8. The fourth-order valence-corrected chi connectivity index (χ4v) is 4.96. The summed E-state index contributed by atoms with van der Waals surface area (Å²) in [7, 11) is 1.47. The van der Waals surface area contributed by atoms with Crippen LogP contribution in [0.25, 0.3) is 10.2 Å². The van der Waals surface area contributed by atoms with Gasteiger partial charge in [-0.25, -0.2) is 4.79 Å². The second kappa shape index (κ2) is 11.9. The first-order valence-corrected chi connectivity index (χ1v) is 12.8. The molecule has 210 valence electrons. The van der Waals surface area contributed by atoms with Crippen molar-refractivity contribution in [3.63, 3.8) is 0 Å². The summed E-state index contributed by atoms with van der Waals surface area (Å²) in [6.45, 7) is -0.292. The van der Waals surface area contributed by atoms with Crippen molar-refractivity contribution in [2.45, 2.75) is 25.2 Å². The number of nitrogens with zero attached hydrogens (tertiary/aromatic N) is 2. The van der Waals surface area contributed by atoms with Crippen LogP contribution >= 0.6 is 11.3 Å². The molecule has 8 nitrogen and oxygen atoms in total. The number of aromatic nitrogens is 1. The maximum absolute atomic E-state index is 12.7. The van der Waals surface area contributed by atoms with Gasteiger partial charge in [0.2, 0.25) is 0 Å². The van der Waals surface area contributed by atoms with Gasteiger partial charge in [-0.15, -0.1) is 0 Å². The highest BCUT2D eigenvalue weighted by molar-refractivity contribution is 7.16. The SMILES string of the molecule is CON=C(c1ccccc1)c1ccc2c(c1)sc(=O)n2CCOc1ccc(C(C)(OCC(F)(F)F)C(=O)O)cc1. The molecule has 0 spiro atoms. The minimum Gasteiger partial charge on any atom is -0.492 e. The largest absolute Gasteiger partial charge is 0.492 e. The van der Waals surface area contributed by atoms with E-state index in [4.69, 9.17) is 14.3 Å². The summed E-state index contributed by atoms with van der Waals surface area (Å²) in [6, 6.07) is 20.6. The lowest BCUT2D eigenvalue weighted by Gasteiger charge is -2.26. The Morgan fingerprint density at radius 1 is 1.02 bits per heavy atom. The monoisotopic (exact) mass is 574 g/mol. The van der Waals surface area contributed by atoms with E-state index in [-0.39, 0.29) is 23.6 Å². The Balaban J connectivity index is 1.46. The molecule has 1 unspecified atom stereocenters. The Hall–Kier alpha value is -4.16. The molecule has 0 aliphatic carbocycles. The van der Waals surface area contributed by atoms with Gasteiger partial charge in [0.05, 0.1) is 16.8 Å². The molecule has 1 N–H and O–H groups in total. The van der Waals surface area contributed by atoms with Crippen LogP contribution in [-0.2, 0) is 26.5 Å². The molecule has 0 saturated heterocycles. The minimum absolute atomic E-state index is 0.0272. The Labute approximate surface area is 230 Å². The zero-order valence-electron chi connectivity index (χ0n) is 21.5. The number of fused-ring (bicyclic) bond motifs is 1. The Kier molecular flexibility index (Phi) is 8.60. The highest BCUT2D eigenvalue weighted by Gasteiger charge is 2.41. The summed E-state index contributed by atoms with van der Waals surface area (Å²) in [5, 5.41) is 13.6. The van der Waals surface area contributed by atoms with Crippen LogP contribution in [0.5, 0.6) is 5.75 Å². The zero-order chi connectivity index (χ0) is 28.9. The van der Waals surface area contributed by atoms with Crippen molar-refractivity contribution in [2.75, 3.05) is 20.3 Å². The number of carboxylic acid groups (broad SMARTS) is 1. The van der Waals surface area contributed by atoms with E-state index in [1.54, 1.807) is 4.57 Å². The number of halogens is 3. The number of benzene rings is 3. The first-order valence-electron chi connectivity index (χ1n) is 12.0. The van der Waals surface area contributed by atoms with E-state index in [1.807, 2.05) is 48.5 Å². The van der Waals surface area contributed by atoms with Crippen molar-refractivity contribution in [1.82, 2.24) is 4.57 Å². The van der Waals surface area contributed by atoms with Gasteiger partial charge in [-0.1, -0.05) is 65.0 Å². The number of hydrogen-bond acceptors (Lipinski definition) is 7. The Bertz CT molecular complexity index is 1570. The van der Waals surface area contributed by atoms with E-state index in [0.29, 0.717) is 11.5 Å². The van der Waals surface area contributed by atoms with Crippen LogP contribution in [0.2, 0.25) is 0 Å². The van der Waals surface area contributed by atoms with Crippen LogP contribution in [0, 0.1) is 0 Å². The molecule has 0 amide bonds. The number of rotatable bonds is 11. The molecular formula is C28H25F3N2O6S. The van der Waals surface area contributed by atoms with Crippen molar-refractivity contribution in [1.29, 1.82) is 0 Å². The topological polar surface area (TPSA) is 99.4 Å². The van der Waals surface area contributed by atoms with Gasteiger partial charge in [-0.05, 0) is 36.8 Å². The summed E-state index contributed by atoms with van der Waals surface area (Å²) in [5.41, 5.74) is 0.848. The number of carbonyl (C=O) groups is 1. The molecule has 3 aromatic carbocycles. The average Bonchev–Trinajstić information content (AvgIpc) is 3.24. The molecule has 12 heteroatoms. The minimum atomic E-state index is -4.67. The maximum atomic E-state index is 12.7. The number of ether oxygens (including phenoxy) is 2. The fourth-order valence-electron chi connectivity index (χ4n) is 4.00. The lowest BCUT2D eigenvalue weighted by atomic mass is 9.96. The smallest absolute Gasteiger partial charge is 0.411 e. The van der Waals surface area contributed by atoms with Gasteiger partial charge in [0.15, 0.2) is 5.60 Å². The molecule has 4 aromatic rings. The third kappa shape index (κ3) is 6.52. The third-order valence-corrected chi connectivity index (χ3v) is 7.03. The molecule has 0 radical (unpaired) electrons. The predicted molar refractivity (Wildman–Crippen MR) is 144 cm³/mol. The van der Waals surface area contributed by atoms with E-state index in [2.05, 4.69) is 5.16 Å². The van der Waals surface area contributed by atoms with Crippen LogP contribution in [0.4, 0.5) is 13.2 Å². The second-order valence-electron chi connectivity index (χ2n) is 8.81. The van der Waals surface area contributed by atoms with Gasteiger partial charge in [0.25, 0.3) is 0 Å². The molecule has 0 saturated carbocycles. The lowest BCUT2D eigenvalue weighted by Crippen LogP contribution is -2.38. The van der Waals surface area contributed by atoms with Crippen LogP contribution in [0.3, 0.4) is 0 Å². The standard InChI is InChI=1S/C28H25F3N2O6S/c1-27(25(34)35,39-17-28(29,30)31)20-9-11-21(12-10-20)38-15-14-33-22-13-8-19(16-23(22)40-26(33)36)24(32-37-2)18-6-4-3-5-7-18/h3-13,16H,14-15,17H2,1-2H3,(H,34,35). The summed E-state index contributed by atoms with van der Waals surface area (Å²) in [6.07, 6.45) is -4.67. The lowest BCUT2D eigenvalue weighted by molar-refractivity contribution is -0.212. The molecule has 0 bridgehead atoms. The summed E-state index contributed by atoms with van der Waals surface area (Å²) >= 11 is 1.09. The first-order chi connectivity index (χ1) is 19.0. The van der Waals surface area contributed by atoms with Gasteiger partial charge in [0, 0.05) is 11.1 Å². The number of aliphatic carboxylic acids is 1. The molecule has 1 atom stereocenters. The number of carboxylic acids is 1. The Morgan fingerprint density at radius 3 is 2.35 bits per heavy atom. The van der Waals surface area contributed by atoms with Gasteiger partial charge in [-0.3, -0.25) is 9.36 Å². The molecule has 0 aliphatic heterocycles. The van der Waals surface area contributed by atoms with E-state index >= 15 is 0 Å². The van der Waals surface area contributed by atoms with E-state index in [0.717, 1.165) is 39.6 Å². The second-order valence-corrected chi connectivity index (χ2v) is 9.80. The van der Waals surface area contributed by atoms with Crippen LogP contribution in [0.15, 0.2) is 82.7 Å². The molecule has 0 aliphatic rings. The van der Waals surface area contributed by atoms with E-state index in [1.165, 1.54) is 31.4 Å². The number of alkyl halides is 3. The van der Waals surface area contributed by atoms with Crippen LogP contribution < -0.4 is 9.61 Å². The van der Waals surface area contributed by atoms with Crippen molar-refractivity contribution >= 4 is 33.2 Å². The molecule has 1 heterocycles. The van der Waals surface area contributed by atoms with Gasteiger partial charge >= 0.3 is 17.0 Å². The van der Waals surface area contributed by atoms with Crippen molar-refractivity contribution in [3.05, 3.63) is 99.2 Å². The van der Waals surface area contributed by atoms with Crippen molar-refractivity contribution < 1.29 is 37.4 Å². The van der Waals surface area contributed by atoms with Crippen molar-refractivity contribution in [2.24, 2.45) is 5.16 Å². The zero-order valence-corrected chi connectivity index (χ0v) is 22.3. The van der Waals surface area contributed by atoms with Crippen molar-refractivity contribution in [3.8, 4) is 5.75 Å². The third-order valence-electron chi connectivity index (χ3n) is 6.09. The predicted octanol–water partition coefficient (Wildman–Crippen LogP) is 5.42. The summed E-state index contributed by atoms with van der Waals surface area (Å²) in [4.78, 5) is 29.3. The van der Waals surface area contributed by atoms with Gasteiger partial charge in [0.1, 0.15) is 31.8 Å². The Morgan fingerprint density at radius 2 is 1.73 bits per heavy atom. The molecule has 0 fully saturated rings.